The van der Waals surface area contributed by atoms with E-state index in [1.807, 2.05) is 35.4 Å². The van der Waals surface area contributed by atoms with E-state index in [4.69, 9.17) is 4.74 Å². The van der Waals surface area contributed by atoms with Crippen molar-refractivity contribution in [1.29, 1.82) is 0 Å². The van der Waals surface area contributed by atoms with Crippen molar-refractivity contribution in [2.45, 2.75) is 11.4 Å². The molecule has 5 heteroatoms. The molecule has 3 nitrogen and oxygen atoms in total. The summed E-state index contributed by atoms with van der Waals surface area (Å²) in [5.74, 6) is 3.10. The van der Waals surface area contributed by atoms with Crippen LogP contribution in [-0.4, -0.2) is 22.4 Å². The maximum absolute atomic E-state index is 5.34. The van der Waals surface area contributed by atoms with Gasteiger partial charge in [0.25, 0.3) is 0 Å². The van der Waals surface area contributed by atoms with Crippen LogP contribution in [0, 0.1) is 0 Å². The summed E-state index contributed by atoms with van der Waals surface area (Å²) in [6.07, 6.45) is 3.95. The van der Waals surface area contributed by atoms with Gasteiger partial charge in [0.05, 0.1) is 12.0 Å². The van der Waals surface area contributed by atoms with Crippen LogP contribution < -0.4 is 4.74 Å². The quantitative estimate of drug-likeness (QED) is 0.680. The molecule has 3 heterocycles. The molecule has 0 spiro atoms. The first kappa shape index (κ1) is 11.4. The second-order valence-electron chi connectivity index (χ2n) is 4.42. The summed E-state index contributed by atoms with van der Waals surface area (Å²) < 4.78 is 8.89. The van der Waals surface area contributed by atoms with Crippen molar-refractivity contribution in [3.63, 3.8) is 0 Å². The predicted octanol–water partition coefficient (Wildman–Crippen LogP) is 3.88. The smallest absolute Gasteiger partial charge is 0.151 e. The molecule has 96 valence electrons. The molecule has 0 fully saturated rings. The number of thioether (sulfide) groups is 1. The Bertz CT molecular complexity index is 760. The normalized spacial score (nSPS) is 13.9. The van der Waals surface area contributed by atoms with Crippen molar-refractivity contribution in [2.24, 2.45) is 0 Å². The van der Waals surface area contributed by atoms with Crippen LogP contribution >= 0.6 is 23.1 Å². The van der Waals surface area contributed by atoms with Crippen molar-refractivity contribution in [1.82, 2.24) is 9.55 Å². The van der Waals surface area contributed by atoms with Gasteiger partial charge in [0.15, 0.2) is 5.82 Å². The van der Waals surface area contributed by atoms with Gasteiger partial charge in [-0.3, -0.25) is 0 Å². The number of ether oxygens (including phenoxy) is 1. The average Bonchev–Trinajstić information content (AvgIpc) is 2.99. The fourth-order valence-corrected chi connectivity index (χ4v) is 4.91. The van der Waals surface area contributed by atoms with Crippen LogP contribution in [0.4, 0.5) is 0 Å². The van der Waals surface area contributed by atoms with Gasteiger partial charge in [0.2, 0.25) is 0 Å². The van der Waals surface area contributed by atoms with E-state index < -0.39 is 0 Å². The van der Waals surface area contributed by atoms with Gasteiger partial charge >= 0.3 is 0 Å². The monoisotopic (exact) mass is 288 g/mol. The fraction of sp³-hybridized carbons (Fsp3) is 0.214. The number of thiophene rings is 1. The molecule has 3 aromatic rings. The van der Waals surface area contributed by atoms with Crippen molar-refractivity contribution in [2.75, 3.05) is 12.9 Å². The number of aryl methyl sites for hydroxylation is 1. The zero-order valence-corrected chi connectivity index (χ0v) is 12.1. The van der Waals surface area contributed by atoms with Gasteiger partial charge in [0, 0.05) is 39.7 Å². The fourth-order valence-electron chi connectivity index (χ4n) is 2.42. The first-order valence-corrected chi connectivity index (χ1v) is 7.92. The highest BCUT2D eigenvalue weighted by Crippen LogP contribution is 2.46. The highest BCUT2D eigenvalue weighted by atomic mass is 32.2. The van der Waals surface area contributed by atoms with Crippen LogP contribution in [0.3, 0.4) is 0 Å². The van der Waals surface area contributed by atoms with Gasteiger partial charge in [0.1, 0.15) is 5.75 Å². The average molecular weight is 288 g/mol. The van der Waals surface area contributed by atoms with E-state index in [2.05, 4.69) is 27.9 Å². The summed E-state index contributed by atoms with van der Waals surface area (Å²) in [7, 11) is 1.71. The summed E-state index contributed by atoms with van der Waals surface area (Å²) in [5, 5.41) is 1.29. The number of benzene rings is 1. The number of methoxy groups -OCH3 is 1. The summed E-state index contributed by atoms with van der Waals surface area (Å²) in [6.45, 7) is 1.02. The standard InChI is InChI=1S/C14H12N2OS2/c1-17-9-2-3-11-10(8-9)12-13(19-11)14-15-4-5-16(14)6-7-18-12/h2-5,8H,6-7H2,1H3. The molecular formula is C14H12N2OS2. The second kappa shape index (κ2) is 4.28. The minimum atomic E-state index is 0.918. The highest BCUT2D eigenvalue weighted by molar-refractivity contribution is 7.99. The van der Waals surface area contributed by atoms with Gasteiger partial charge < -0.3 is 9.30 Å². The summed E-state index contributed by atoms with van der Waals surface area (Å²) in [6, 6.07) is 6.30. The molecule has 19 heavy (non-hydrogen) atoms. The number of imidazole rings is 1. The third-order valence-corrected chi connectivity index (χ3v) is 5.74. The Morgan fingerprint density at radius 1 is 1.37 bits per heavy atom. The number of rotatable bonds is 1. The minimum absolute atomic E-state index is 0.918. The van der Waals surface area contributed by atoms with Gasteiger partial charge in [-0.25, -0.2) is 4.98 Å². The lowest BCUT2D eigenvalue weighted by Gasteiger charge is -2.01. The third-order valence-electron chi connectivity index (χ3n) is 3.35. The number of fused-ring (bicyclic) bond motifs is 5. The molecule has 0 aliphatic carbocycles. The topological polar surface area (TPSA) is 27.1 Å². The molecule has 0 radical (unpaired) electrons. The SMILES string of the molecule is COc1ccc2sc3c(c2c1)SCCn1ccnc1-3. The van der Waals surface area contributed by atoms with Crippen LogP contribution in [-0.2, 0) is 6.54 Å². The van der Waals surface area contributed by atoms with Gasteiger partial charge in [-0.15, -0.1) is 23.1 Å². The lowest BCUT2D eigenvalue weighted by atomic mass is 10.2. The van der Waals surface area contributed by atoms with Crippen molar-refractivity contribution in [3.8, 4) is 16.5 Å². The van der Waals surface area contributed by atoms with Crippen LogP contribution in [0.15, 0.2) is 35.5 Å². The molecule has 2 aromatic heterocycles. The zero-order chi connectivity index (χ0) is 12.8. The molecule has 1 aromatic carbocycles. The first-order valence-electron chi connectivity index (χ1n) is 6.11. The number of hydrogen-bond acceptors (Lipinski definition) is 4. The Balaban J connectivity index is 2.03. The molecule has 0 N–H and O–H groups in total. The van der Waals surface area contributed by atoms with E-state index >= 15 is 0 Å². The van der Waals surface area contributed by atoms with Gasteiger partial charge in [-0.2, -0.15) is 0 Å². The Labute approximate surface area is 119 Å². The zero-order valence-electron chi connectivity index (χ0n) is 10.4. The Kier molecular flexibility index (Phi) is 2.56. The maximum atomic E-state index is 5.34. The van der Waals surface area contributed by atoms with Crippen molar-refractivity contribution in [3.05, 3.63) is 30.6 Å². The molecule has 0 atom stereocenters. The largest absolute Gasteiger partial charge is 0.497 e. The third kappa shape index (κ3) is 1.69. The van der Waals surface area contributed by atoms with Gasteiger partial charge in [-0.1, -0.05) is 0 Å². The number of hydrogen-bond donors (Lipinski definition) is 0. The Morgan fingerprint density at radius 2 is 2.32 bits per heavy atom. The Hall–Kier alpha value is -1.46. The second-order valence-corrected chi connectivity index (χ2v) is 6.57. The minimum Gasteiger partial charge on any atom is -0.497 e. The predicted molar refractivity (Wildman–Crippen MR) is 80.3 cm³/mol. The molecule has 0 saturated carbocycles. The van der Waals surface area contributed by atoms with Crippen LogP contribution in [0.1, 0.15) is 0 Å². The molecule has 1 aliphatic rings. The van der Waals surface area contributed by atoms with E-state index in [1.54, 1.807) is 7.11 Å². The Morgan fingerprint density at radius 3 is 3.21 bits per heavy atom. The van der Waals surface area contributed by atoms with E-state index in [-0.39, 0.29) is 0 Å². The lowest BCUT2D eigenvalue weighted by Crippen LogP contribution is -1.97. The van der Waals surface area contributed by atoms with Crippen LogP contribution in [0.5, 0.6) is 5.75 Å². The van der Waals surface area contributed by atoms with Crippen molar-refractivity contribution < 1.29 is 4.74 Å². The van der Waals surface area contributed by atoms with Crippen LogP contribution in [0.25, 0.3) is 20.8 Å². The highest BCUT2D eigenvalue weighted by Gasteiger charge is 2.21. The van der Waals surface area contributed by atoms with E-state index in [0.717, 1.165) is 23.9 Å². The lowest BCUT2D eigenvalue weighted by molar-refractivity contribution is 0.415. The molecule has 1 aliphatic heterocycles. The first-order chi connectivity index (χ1) is 9.36. The van der Waals surface area contributed by atoms with Crippen molar-refractivity contribution >= 4 is 33.2 Å². The van der Waals surface area contributed by atoms with Gasteiger partial charge in [-0.05, 0) is 18.2 Å². The molecule has 0 amide bonds. The molecule has 4 rings (SSSR count). The summed E-state index contributed by atoms with van der Waals surface area (Å²) in [4.78, 5) is 7.16. The molecule has 0 bridgehead atoms. The number of nitrogens with zero attached hydrogens (tertiary/aromatic N) is 2. The van der Waals surface area contributed by atoms with Crippen LogP contribution in [0.2, 0.25) is 0 Å². The molecule has 0 unspecified atom stereocenters. The summed E-state index contributed by atoms with van der Waals surface area (Å²) in [5.41, 5.74) is 0. The van der Waals surface area contributed by atoms with E-state index in [0.29, 0.717) is 0 Å². The van der Waals surface area contributed by atoms with E-state index in [1.165, 1.54) is 19.9 Å². The number of aromatic nitrogens is 2. The summed E-state index contributed by atoms with van der Waals surface area (Å²) >= 11 is 3.74. The maximum Gasteiger partial charge on any atom is 0.151 e. The van der Waals surface area contributed by atoms with E-state index in [9.17, 15) is 0 Å². The molecule has 0 saturated heterocycles. The molecular weight excluding hydrogens is 276 g/mol.